The molecule has 0 heterocycles. The van der Waals surface area contributed by atoms with Crippen molar-refractivity contribution >= 4 is 6.08 Å². The molecule has 5 nitrogen and oxygen atoms in total. The second kappa shape index (κ2) is 7.40. The van der Waals surface area contributed by atoms with Crippen molar-refractivity contribution in [1.82, 2.24) is 5.34 Å². The van der Waals surface area contributed by atoms with Crippen molar-refractivity contribution in [2.45, 2.75) is 52.6 Å². The lowest BCUT2D eigenvalue weighted by Crippen LogP contribution is -2.30. The molecule has 88 valence electrons. The summed E-state index contributed by atoms with van der Waals surface area (Å²) in [6, 6.07) is 0. The second-order valence-corrected chi connectivity index (χ2v) is 4.17. The predicted octanol–water partition coefficient (Wildman–Crippen LogP) is 2.39. The molecule has 0 unspecified atom stereocenters. The molecule has 0 rings (SSSR count). The van der Waals surface area contributed by atoms with Crippen molar-refractivity contribution in [3.63, 3.8) is 0 Å². The van der Waals surface area contributed by atoms with Crippen molar-refractivity contribution in [3.05, 3.63) is 0 Å². The lowest BCUT2D eigenvalue weighted by Gasteiger charge is -2.24. The normalized spacial score (nSPS) is 10.9. The molecule has 0 aromatic heterocycles. The van der Waals surface area contributed by atoms with E-state index in [1.54, 1.807) is 0 Å². The van der Waals surface area contributed by atoms with E-state index in [-0.39, 0.29) is 0 Å². The summed E-state index contributed by atoms with van der Waals surface area (Å²) in [7, 11) is 0. The molecule has 0 fully saturated rings. The van der Waals surface area contributed by atoms with E-state index in [4.69, 9.17) is 9.68 Å². The van der Waals surface area contributed by atoms with Crippen LogP contribution in [0.2, 0.25) is 0 Å². The van der Waals surface area contributed by atoms with Gasteiger partial charge in [-0.15, -0.1) is 0 Å². The highest BCUT2D eigenvalue weighted by Crippen LogP contribution is 2.11. The molecule has 0 aliphatic heterocycles. The van der Waals surface area contributed by atoms with Gasteiger partial charge < -0.3 is 0 Å². The lowest BCUT2D eigenvalue weighted by molar-refractivity contribution is -0.402. The summed E-state index contributed by atoms with van der Waals surface area (Å²) < 4.78 is 0. The van der Waals surface area contributed by atoms with Gasteiger partial charge in [-0.1, -0.05) is 19.8 Å². The Kier molecular flexibility index (Phi) is 6.96. The van der Waals surface area contributed by atoms with E-state index in [2.05, 4.69) is 12.0 Å². The van der Waals surface area contributed by atoms with Crippen molar-refractivity contribution in [2.75, 3.05) is 6.61 Å². The minimum absolute atomic E-state index is 0.453. The zero-order chi connectivity index (χ0) is 11.7. The molecule has 0 atom stereocenters. The van der Waals surface area contributed by atoms with Crippen LogP contribution in [0.4, 0.5) is 0 Å². The van der Waals surface area contributed by atoms with Crippen LogP contribution >= 0.6 is 0 Å². The Hall–Kier alpha value is -0.900. The van der Waals surface area contributed by atoms with Gasteiger partial charge in [0.1, 0.15) is 0 Å². The number of hydrogen-bond acceptors (Lipinski definition) is 5. The average Bonchev–Trinajstić information content (AvgIpc) is 2.10. The molecule has 0 aromatic rings. The van der Waals surface area contributed by atoms with Crippen molar-refractivity contribution in [3.8, 4) is 0 Å². The highest BCUT2D eigenvalue weighted by molar-refractivity contribution is 5.31. The maximum atomic E-state index is 10.1. The topological polar surface area (TPSA) is 51.1 Å². The summed E-state index contributed by atoms with van der Waals surface area (Å²) in [6.07, 6.45) is 4.48. The third-order valence-corrected chi connectivity index (χ3v) is 1.42. The zero-order valence-corrected chi connectivity index (χ0v) is 9.95. The number of isocyanates is 1. The van der Waals surface area contributed by atoms with Crippen LogP contribution in [-0.4, -0.2) is 23.6 Å². The van der Waals surface area contributed by atoms with Gasteiger partial charge in [-0.2, -0.15) is 0 Å². The van der Waals surface area contributed by atoms with E-state index in [0.717, 1.165) is 24.6 Å². The fraction of sp³-hybridized carbons (Fsp3) is 0.900. The summed E-state index contributed by atoms with van der Waals surface area (Å²) >= 11 is 0. The van der Waals surface area contributed by atoms with Crippen molar-refractivity contribution < 1.29 is 14.5 Å². The molecule has 0 saturated carbocycles. The second-order valence-electron chi connectivity index (χ2n) is 4.17. The minimum Gasteiger partial charge on any atom is -0.232 e. The molecule has 0 amide bonds. The average molecular weight is 216 g/mol. The Morgan fingerprint density at radius 3 is 2.47 bits per heavy atom. The smallest absolute Gasteiger partial charge is 0.232 e. The Labute approximate surface area is 90.9 Å². The van der Waals surface area contributed by atoms with Crippen LogP contribution in [-0.2, 0) is 14.5 Å². The minimum atomic E-state index is -0.453. The molecular formula is C10H20N2O3. The predicted molar refractivity (Wildman–Crippen MR) is 56.3 cm³/mol. The number of carbonyl (C=O) groups excluding carboxylic acids is 1. The third kappa shape index (κ3) is 9.41. The van der Waals surface area contributed by atoms with Gasteiger partial charge in [0.05, 0.1) is 12.2 Å². The molecule has 0 radical (unpaired) electrons. The highest BCUT2D eigenvalue weighted by atomic mass is 17.0. The summed E-state index contributed by atoms with van der Waals surface area (Å²) in [5, 5.41) is 4.13. The largest absolute Gasteiger partial charge is 0.262 e. The zero-order valence-electron chi connectivity index (χ0n) is 9.95. The monoisotopic (exact) mass is 216 g/mol. The van der Waals surface area contributed by atoms with Crippen LogP contribution in [0.3, 0.4) is 0 Å². The quantitative estimate of drug-likeness (QED) is 0.284. The molecule has 0 aromatic carbocycles. The third-order valence-electron chi connectivity index (χ3n) is 1.42. The summed E-state index contributed by atoms with van der Waals surface area (Å²) in [5.74, 6) is 0. The molecule has 0 saturated heterocycles. The Morgan fingerprint density at radius 2 is 2.00 bits per heavy atom. The molecule has 0 spiro atoms. The van der Waals surface area contributed by atoms with Gasteiger partial charge >= 0.3 is 0 Å². The number of rotatable bonds is 7. The SMILES string of the molecule is CCCCCON(N=C=O)OC(C)(C)C. The van der Waals surface area contributed by atoms with E-state index >= 15 is 0 Å². The molecule has 0 aliphatic rings. The van der Waals surface area contributed by atoms with Gasteiger partial charge in [-0.25, -0.2) is 14.5 Å². The highest BCUT2D eigenvalue weighted by Gasteiger charge is 2.16. The fourth-order valence-corrected chi connectivity index (χ4v) is 0.838. The van der Waals surface area contributed by atoms with Gasteiger partial charge in [0.15, 0.2) is 0 Å². The Bertz CT molecular complexity index is 207. The molecule has 0 N–H and O–H groups in total. The Morgan fingerprint density at radius 1 is 1.33 bits per heavy atom. The van der Waals surface area contributed by atoms with Gasteiger partial charge in [-0.05, 0) is 37.6 Å². The number of nitrogens with zero attached hydrogens (tertiary/aromatic N) is 2. The lowest BCUT2D eigenvalue weighted by atomic mass is 10.2. The molecule has 0 bridgehead atoms. The van der Waals surface area contributed by atoms with Gasteiger partial charge in [-0.3, -0.25) is 0 Å². The first kappa shape index (κ1) is 14.1. The standard InChI is InChI=1S/C10H20N2O3/c1-5-6-7-8-14-12(11-9-13)15-10(2,3)4/h5-8H2,1-4H3. The first-order chi connectivity index (χ1) is 6.99. The van der Waals surface area contributed by atoms with Crippen molar-refractivity contribution in [1.29, 1.82) is 0 Å². The fourth-order valence-electron chi connectivity index (χ4n) is 0.838. The van der Waals surface area contributed by atoms with Gasteiger partial charge in [0.2, 0.25) is 0 Å². The van der Waals surface area contributed by atoms with E-state index in [1.807, 2.05) is 20.8 Å². The van der Waals surface area contributed by atoms with Crippen LogP contribution in [0.15, 0.2) is 5.10 Å². The maximum absolute atomic E-state index is 10.1. The van der Waals surface area contributed by atoms with Crippen LogP contribution < -0.4 is 0 Å². The summed E-state index contributed by atoms with van der Waals surface area (Å²) in [5.41, 5.74) is -0.453. The van der Waals surface area contributed by atoms with Gasteiger partial charge in [0.25, 0.3) is 6.08 Å². The number of unbranched alkanes of at least 4 members (excludes halogenated alkanes) is 2. The van der Waals surface area contributed by atoms with Gasteiger partial charge in [0, 0.05) is 0 Å². The van der Waals surface area contributed by atoms with Crippen molar-refractivity contribution in [2.24, 2.45) is 5.10 Å². The first-order valence-corrected chi connectivity index (χ1v) is 5.19. The summed E-state index contributed by atoms with van der Waals surface area (Å²) in [4.78, 5) is 20.5. The van der Waals surface area contributed by atoms with Crippen LogP contribution in [0.5, 0.6) is 0 Å². The molecule has 15 heavy (non-hydrogen) atoms. The van der Waals surface area contributed by atoms with E-state index < -0.39 is 5.60 Å². The van der Waals surface area contributed by atoms with Crippen LogP contribution in [0.1, 0.15) is 47.0 Å². The molecular weight excluding hydrogens is 196 g/mol. The first-order valence-electron chi connectivity index (χ1n) is 5.19. The van der Waals surface area contributed by atoms with E-state index in [0.29, 0.717) is 6.61 Å². The molecule has 5 heteroatoms. The van der Waals surface area contributed by atoms with Crippen LogP contribution in [0, 0.1) is 0 Å². The molecule has 0 aliphatic carbocycles. The summed E-state index contributed by atoms with van der Waals surface area (Å²) in [6.45, 7) is 8.11. The van der Waals surface area contributed by atoms with E-state index in [1.165, 1.54) is 6.08 Å². The number of hydrazone groups is 1. The van der Waals surface area contributed by atoms with Crippen LogP contribution in [0.25, 0.3) is 0 Å². The maximum Gasteiger partial charge on any atom is 0.262 e. The number of hydrogen-bond donors (Lipinski definition) is 0. The van der Waals surface area contributed by atoms with E-state index in [9.17, 15) is 4.79 Å². The Balaban J connectivity index is 3.89.